The first-order chi connectivity index (χ1) is 10.7. The fourth-order valence-electron chi connectivity index (χ4n) is 2.11. The van der Waals surface area contributed by atoms with Gasteiger partial charge in [-0.2, -0.15) is 0 Å². The quantitative estimate of drug-likeness (QED) is 0.875. The third kappa shape index (κ3) is 3.87. The molecule has 0 spiro atoms. The molecular formula is C16H16FNO4S. The van der Waals surface area contributed by atoms with E-state index in [0.29, 0.717) is 5.56 Å². The molecule has 2 N–H and O–H groups in total. The molecule has 0 aliphatic rings. The van der Waals surface area contributed by atoms with Crippen LogP contribution < -0.4 is 4.72 Å². The first-order valence-corrected chi connectivity index (χ1v) is 8.34. The summed E-state index contributed by atoms with van der Waals surface area (Å²) in [5, 5.41) is 9.07. The van der Waals surface area contributed by atoms with Crippen molar-refractivity contribution in [2.45, 2.75) is 24.7 Å². The second kappa shape index (κ2) is 6.37. The van der Waals surface area contributed by atoms with Crippen molar-refractivity contribution in [3.8, 4) is 0 Å². The summed E-state index contributed by atoms with van der Waals surface area (Å²) < 4.78 is 40.4. The van der Waals surface area contributed by atoms with Crippen LogP contribution in [-0.4, -0.2) is 19.5 Å². The van der Waals surface area contributed by atoms with Crippen LogP contribution in [-0.2, 0) is 10.0 Å². The van der Waals surface area contributed by atoms with E-state index in [9.17, 15) is 17.6 Å². The van der Waals surface area contributed by atoms with Gasteiger partial charge in [-0.1, -0.05) is 19.9 Å². The Kier molecular flexibility index (Phi) is 4.70. The Hall–Kier alpha value is -2.41. The van der Waals surface area contributed by atoms with E-state index in [2.05, 4.69) is 4.72 Å². The molecular weight excluding hydrogens is 321 g/mol. The van der Waals surface area contributed by atoms with Crippen LogP contribution in [0.1, 0.15) is 35.7 Å². The minimum Gasteiger partial charge on any atom is -0.478 e. The fourth-order valence-corrected chi connectivity index (χ4v) is 3.56. The zero-order valence-corrected chi connectivity index (χ0v) is 13.4. The molecule has 0 fully saturated rings. The Morgan fingerprint density at radius 2 is 1.74 bits per heavy atom. The molecule has 2 aromatic rings. The van der Waals surface area contributed by atoms with Crippen LogP contribution in [0.25, 0.3) is 0 Å². The molecule has 7 heteroatoms. The molecule has 0 aliphatic carbocycles. The van der Waals surface area contributed by atoms with Crippen LogP contribution in [0.5, 0.6) is 0 Å². The molecule has 0 radical (unpaired) electrons. The van der Waals surface area contributed by atoms with Crippen LogP contribution in [0, 0.1) is 5.82 Å². The molecule has 5 nitrogen and oxygen atoms in total. The van der Waals surface area contributed by atoms with Crippen molar-refractivity contribution in [3.63, 3.8) is 0 Å². The molecule has 0 aromatic heterocycles. The Morgan fingerprint density at radius 1 is 1.13 bits per heavy atom. The van der Waals surface area contributed by atoms with E-state index < -0.39 is 21.8 Å². The van der Waals surface area contributed by atoms with Gasteiger partial charge in [0.15, 0.2) is 0 Å². The number of sulfonamides is 1. The summed E-state index contributed by atoms with van der Waals surface area (Å²) in [6, 6.07) is 8.85. The SMILES string of the molecule is CC(C)c1ccc(C(=O)O)cc1S(=O)(=O)Nc1ccc(F)cc1. The first kappa shape index (κ1) is 17.0. The van der Waals surface area contributed by atoms with E-state index in [1.54, 1.807) is 0 Å². The average Bonchev–Trinajstić information content (AvgIpc) is 2.48. The molecule has 0 heterocycles. The van der Waals surface area contributed by atoms with Crippen molar-refractivity contribution in [2.24, 2.45) is 0 Å². The number of carboxylic acid groups (broad SMARTS) is 1. The molecule has 0 saturated carbocycles. The van der Waals surface area contributed by atoms with Crippen molar-refractivity contribution in [1.82, 2.24) is 0 Å². The number of rotatable bonds is 5. The van der Waals surface area contributed by atoms with Crippen LogP contribution >= 0.6 is 0 Å². The Balaban J connectivity index is 2.50. The summed E-state index contributed by atoms with van der Waals surface area (Å²) >= 11 is 0. The number of carboxylic acids is 1. The second-order valence-corrected chi connectivity index (χ2v) is 6.98. The maximum Gasteiger partial charge on any atom is 0.335 e. The van der Waals surface area contributed by atoms with Gasteiger partial charge in [-0.15, -0.1) is 0 Å². The third-order valence-electron chi connectivity index (χ3n) is 3.27. The van der Waals surface area contributed by atoms with Gasteiger partial charge < -0.3 is 5.11 Å². The minimum absolute atomic E-state index is 0.100. The van der Waals surface area contributed by atoms with Gasteiger partial charge in [0, 0.05) is 5.69 Å². The molecule has 0 atom stereocenters. The Morgan fingerprint density at radius 3 is 2.26 bits per heavy atom. The number of halogens is 1. The summed E-state index contributed by atoms with van der Waals surface area (Å²) in [4.78, 5) is 11.0. The largest absolute Gasteiger partial charge is 0.478 e. The maximum absolute atomic E-state index is 12.9. The highest BCUT2D eigenvalue weighted by molar-refractivity contribution is 7.92. The van der Waals surface area contributed by atoms with E-state index in [0.717, 1.165) is 18.2 Å². The zero-order chi connectivity index (χ0) is 17.2. The van der Waals surface area contributed by atoms with Crippen molar-refractivity contribution >= 4 is 21.7 Å². The van der Waals surface area contributed by atoms with Crippen molar-refractivity contribution in [1.29, 1.82) is 0 Å². The van der Waals surface area contributed by atoms with Crippen molar-refractivity contribution in [3.05, 3.63) is 59.4 Å². The standard InChI is InChI=1S/C16H16FNO4S/c1-10(2)14-8-3-11(16(19)20)9-15(14)23(21,22)18-13-6-4-12(17)5-7-13/h3-10,18H,1-2H3,(H,19,20). The molecule has 23 heavy (non-hydrogen) atoms. The lowest BCUT2D eigenvalue weighted by Crippen LogP contribution is -2.16. The summed E-state index contributed by atoms with van der Waals surface area (Å²) in [6.07, 6.45) is 0. The van der Waals surface area contributed by atoms with Gasteiger partial charge >= 0.3 is 5.97 Å². The summed E-state index contributed by atoms with van der Waals surface area (Å²) in [6.45, 7) is 3.62. The first-order valence-electron chi connectivity index (χ1n) is 6.86. The minimum atomic E-state index is -3.99. The monoisotopic (exact) mass is 337 g/mol. The Labute approximate surface area is 133 Å². The predicted octanol–water partition coefficient (Wildman–Crippen LogP) is 3.45. The summed E-state index contributed by atoms with van der Waals surface area (Å²) in [5.41, 5.74) is 0.584. The summed E-state index contributed by atoms with van der Waals surface area (Å²) in [7, 11) is -3.99. The van der Waals surface area contributed by atoms with E-state index >= 15 is 0 Å². The number of benzene rings is 2. The number of aromatic carboxylic acids is 1. The second-order valence-electron chi connectivity index (χ2n) is 5.32. The van der Waals surface area contributed by atoms with Gasteiger partial charge in [-0.25, -0.2) is 17.6 Å². The highest BCUT2D eigenvalue weighted by Gasteiger charge is 2.22. The maximum atomic E-state index is 12.9. The smallest absolute Gasteiger partial charge is 0.335 e. The number of anilines is 1. The molecule has 0 amide bonds. The molecule has 122 valence electrons. The molecule has 2 rings (SSSR count). The summed E-state index contributed by atoms with van der Waals surface area (Å²) in [5.74, 6) is -1.81. The molecule has 0 saturated heterocycles. The van der Waals surface area contributed by atoms with Crippen molar-refractivity contribution < 1.29 is 22.7 Å². The Bertz CT molecular complexity index is 830. The highest BCUT2D eigenvalue weighted by atomic mass is 32.2. The van der Waals surface area contributed by atoms with Crippen molar-refractivity contribution in [2.75, 3.05) is 4.72 Å². The lowest BCUT2D eigenvalue weighted by atomic mass is 10.0. The zero-order valence-electron chi connectivity index (χ0n) is 12.6. The average molecular weight is 337 g/mol. The van der Waals surface area contributed by atoms with Gasteiger partial charge in [-0.3, -0.25) is 4.72 Å². The van der Waals surface area contributed by atoms with Gasteiger partial charge in [0.25, 0.3) is 10.0 Å². The highest BCUT2D eigenvalue weighted by Crippen LogP contribution is 2.27. The molecule has 0 aliphatic heterocycles. The van der Waals surface area contributed by atoms with E-state index in [-0.39, 0.29) is 22.1 Å². The lowest BCUT2D eigenvalue weighted by molar-refractivity contribution is 0.0696. The van der Waals surface area contributed by atoms with Gasteiger partial charge in [0.2, 0.25) is 0 Å². The number of carbonyl (C=O) groups is 1. The van der Waals surface area contributed by atoms with Crippen LogP contribution in [0.2, 0.25) is 0 Å². The molecule has 0 unspecified atom stereocenters. The predicted molar refractivity (Wildman–Crippen MR) is 84.7 cm³/mol. The topological polar surface area (TPSA) is 83.5 Å². The molecule has 0 bridgehead atoms. The van der Waals surface area contributed by atoms with Gasteiger partial charge in [0.05, 0.1) is 10.5 Å². The molecule has 2 aromatic carbocycles. The van der Waals surface area contributed by atoms with E-state index in [1.165, 1.54) is 24.3 Å². The number of hydrogen-bond acceptors (Lipinski definition) is 3. The van der Waals surface area contributed by atoms with E-state index in [4.69, 9.17) is 5.11 Å². The number of hydrogen-bond donors (Lipinski definition) is 2. The lowest BCUT2D eigenvalue weighted by Gasteiger charge is -2.15. The van der Waals surface area contributed by atoms with Crippen LogP contribution in [0.3, 0.4) is 0 Å². The normalized spacial score (nSPS) is 11.5. The van der Waals surface area contributed by atoms with Crippen LogP contribution in [0.4, 0.5) is 10.1 Å². The van der Waals surface area contributed by atoms with Crippen LogP contribution in [0.15, 0.2) is 47.4 Å². The third-order valence-corrected chi connectivity index (χ3v) is 4.71. The number of nitrogens with one attached hydrogen (secondary N) is 1. The van der Waals surface area contributed by atoms with E-state index in [1.807, 2.05) is 13.8 Å². The van der Waals surface area contributed by atoms with Gasteiger partial charge in [-0.05, 0) is 47.9 Å². The van der Waals surface area contributed by atoms with Gasteiger partial charge in [0.1, 0.15) is 5.82 Å². The fraction of sp³-hybridized carbons (Fsp3) is 0.188.